The van der Waals surface area contributed by atoms with Gasteiger partial charge < -0.3 is 5.11 Å². The Balaban J connectivity index is 2.92. The molecule has 104 valence electrons. The van der Waals surface area contributed by atoms with Gasteiger partial charge in [-0.25, -0.2) is 0 Å². The number of aromatic nitrogens is 1. The van der Waals surface area contributed by atoms with Crippen LogP contribution in [-0.2, 0) is 6.54 Å². The molecule has 0 fully saturated rings. The molecule has 1 N–H and O–H groups in total. The maximum atomic E-state index is 12.1. The molecule has 0 unspecified atom stereocenters. The lowest BCUT2D eigenvalue weighted by Crippen LogP contribution is -2.24. The fraction of sp³-hybridized carbons (Fsp3) is 0.375. The molecule has 1 heterocycles. The van der Waals surface area contributed by atoms with E-state index >= 15 is 0 Å². The number of rotatable bonds is 2. The summed E-state index contributed by atoms with van der Waals surface area (Å²) in [5, 5.41) is 19.7. The van der Waals surface area contributed by atoms with Crippen LogP contribution in [0, 0.1) is 18.3 Å². The second kappa shape index (κ2) is 5.01. The van der Waals surface area contributed by atoms with Crippen molar-refractivity contribution in [1.29, 1.82) is 5.26 Å². The molecule has 0 bridgehead atoms. The molecule has 0 spiro atoms. The van der Waals surface area contributed by atoms with E-state index in [0.29, 0.717) is 17.7 Å². The minimum Gasteiger partial charge on any atom is -0.494 e. The summed E-state index contributed by atoms with van der Waals surface area (Å²) in [7, 11) is 0. The Morgan fingerprint density at radius 1 is 1.40 bits per heavy atom. The first-order valence-corrected chi connectivity index (χ1v) is 6.68. The summed E-state index contributed by atoms with van der Waals surface area (Å²) in [5.41, 5.74) is 3.78. The molecule has 1 aliphatic carbocycles. The van der Waals surface area contributed by atoms with E-state index in [1.807, 2.05) is 13.0 Å². The summed E-state index contributed by atoms with van der Waals surface area (Å²) in [6.45, 7) is 9.84. The maximum Gasteiger partial charge on any atom is 0.271 e. The Kier molecular flexibility index (Phi) is 3.54. The summed E-state index contributed by atoms with van der Waals surface area (Å²) >= 11 is 0. The predicted octanol–water partition coefficient (Wildman–Crippen LogP) is 2.88. The first-order chi connectivity index (χ1) is 9.43. The van der Waals surface area contributed by atoms with Gasteiger partial charge in [0.15, 0.2) is 0 Å². The van der Waals surface area contributed by atoms with Gasteiger partial charge in [-0.15, -0.1) is 0 Å². The fourth-order valence-corrected chi connectivity index (χ4v) is 2.82. The van der Waals surface area contributed by atoms with Crippen LogP contribution in [0.1, 0.15) is 43.4 Å². The molecule has 0 aliphatic heterocycles. The molecule has 0 amide bonds. The lowest BCUT2D eigenvalue weighted by Gasteiger charge is -2.17. The summed E-state index contributed by atoms with van der Waals surface area (Å²) in [5.74, 6) is -0.0635. The van der Waals surface area contributed by atoms with Crippen LogP contribution in [0.2, 0.25) is 0 Å². The topological polar surface area (TPSA) is 66.0 Å². The van der Waals surface area contributed by atoms with Gasteiger partial charge in [0.2, 0.25) is 5.88 Å². The average Bonchev–Trinajstić information content (AvgIpc) is 2.72. The van der Waals surface area contributed by atoms with Crippen molar-refractivity contribution in [3.05, 3.63) is 44.8 Å². The first kappa shape index (κ1) is 14.1. The minimum atomic E-state index is -0.435. The van der Waals surface area contributed by atoms with Gasteiger partial charge in [-0.05, 0) is 50.3 Å². The summed E-state index contributed by atoms with van der Waals surface area (Å²) < 4.78 is 1.24. The number of aromatic hydroxyl groups is 1. The summed E-state index contributed by atoms with van der Waals surface area (Å²) in [6, 6.07) is 1.96. The van der Waals surface area contributed by atoms with E-state index in [0.717, 1.165) is 29.6 Å². The van der Waals surface area contributed by atoms with Gasteiger partial charge >= 0.3 is 0 Å². The summed E-state index contributed by atoms with van der Waals surface area (Å²) in [6.07, 6.45) is 1.76. The Bertz CT molecular complexity index is 730. The molecule has 0 saturated carbocycles. The minimum absolute atomic E-state index is 0.0635. The van der Waals surface area contributed by atoms with E-state index in [2.05, 4.69) is 6.58 Å². The van der Waals surface area contributed by atoms with Crippen molar-refractivity contribution < 1.29 is 5.11 Å². The van der Waals surface area contributed by atoms with Gasteiger partial charge in [0, 0.05) is 12.1 Å². The highest BCUT2D eigenvalue weighted by Crippen LogP contribution is 2.42. The third-order valence-electron chi connectivity index (χ3n) is 3.95. The van der Waals surface area contributed by atoms with Gasteiger partial charge in [-0.1, -0.05) is 12.2 Å². The first-order valence-electron chi connectivity index (χ1n) is 6.68. The third kappa shape index (κ3) is 1.87. The van der Waals surface area contributed by atoms with Crippen LogP contribution >= 0.6 is 0 Å². The number of nitrogens with zero attached hydrogens (tertiary/aromatic N) is 2. The molecule has 0 saturated heterocycles. The highest BCUT2D eigenvalue weighted by Gasteiger charge is 2.26. The third-order valence-corrected chi connectivity index (χ3v) is 3.95. The summed E-state index contributed by atoms with van der Waals surface area (Å²) in [4.78, 5) is 12.1. The molecular formula is C16H18N2O2. The molecule has 0 radical (unpaired) electrons. The van der Waals surface area contributed by atoms with Gasteiger partial charge in [0.05, 0.1) is 0 Å². The van der Waals surface area contributed by atoms with Crippen LogP contribution in [0.15, 0.2) is 22.5 Å². The largest absolute Gasteiger partial charge is 0.494 e. The van der Waals surface area contributed by atoms with Crippen molar-refractivity contribution in [3.8, 4) is 11.9 Å². The number of nitriles is 1. The van der Waals surface area contributed by atoms with Crippen LogP contribution in [0.25, 0.3) is 5.57 Å². The SMILES string of the molecule is C=C1CCC(C)=C1c1c(C)c(C#N)c(=O)n(CC)c1O. The maximum absolute atomic E-state index is 12.1. The molecular weight excluding hydrogens is 252 g/mol. The van der Waals surface area contributed by atoms with Crippen LogP contribution < -0.4 is 5.56 Å². The van der Waals surface area contributed by atoms with Crippen molar-refractivity contribution >= 4 is 5.57 Å². The molecule has 0 atom stereocenters. The Labute approximate surface area is 118 Å². The van der Waals surface area contributed by atoms with Crippen molar-refractivity contribution in [2.75, 3.05) is 0 Å². The second-order valence-corrected chi connectivity index (χ2v) is 5.12. The highest BCUT2D eigenvalue weighted by molar-refractivity contribution is 5.87. The highest BCUT2D eigenvalue weighted by atomic mass is 16.3. The van der Waals surface area contributed by atoms with Gasteiger partial charge in [-0.2, -0.15) is 5.26 Å². The Hall–Kier alpha value is -2.28. The van der Waals surface area contributed by atoms with E-state index < -0.39 is 5.56 Å². The van der Waals surface area contributed by atoms with E-state index in [1.54, 1.807) is 13.8 Å². The van der Waals surface area contributed by atoms with Gasteiger partial charge in [0.1, 0.15) is 11.6 Å². The monoisotopic (exact) mass is 270 g/mol. The van der Waals surface area contributed by atoms with Crippen LogP contribution in [0.3, 0.4) is 0 Å². The van der Waals surface area contributed by atoms with Crippen molar-refractivity contribution in [2.24, 2.45) is 0 Å². The lowest BCUT2D eigenvalue weighted by molar-refractivity contribution is 0.408. The van der Waals surface area contributed by atoms with E-state index in [-0.39, 0.29) is 11.4 Å². The van der Waals surface area contributed by atoms with Gasteiger partial charge in [-0.3, -0.25) is 9.36 Å². The predicted molar refractivity (Wildman–Crippen MR) is 78.5 cm³/mol. The smallest absolute Gasteiger partial charge is 0.271 e. The average molecular weight is 270 g/mol. The molecule has 20 heavy (non-hydrogen) atoms. The Morgan fingerprint density at radius 2 is 2.05 bits per heavy atom. The number of hydrogen-bond donors (Lipinski definition) is 1. The van der Waals surface area contributed by atoms with Crippen molar-refractivity contribution in [3.63, 3.8) is 0 Å². The zero-order chi connectivity index (χ0) is 15.0. The van der Waals surface area contributed by atoms with Crippen LogP contribution in [0.5, 0.6) is 5.88 Å². The van der Waals surface area contributed by atoms with Crippen molar-refractivity contribution in [2.45, 2.75) is 40.2 Å². The molecule has 0 aromatic carbocycles. The second-order valence-electron chi connectivity index (χ2n) is 5.12. The van der Waals surface area contributed by atoms with Gasteiger partial charge in [0.25, 0.3) is 5.56 Å². The number of hydrogen-bond acceptors (Lipinski definition) is 3. The van der Waals surface area contributed by atoms with Crippen LogP contribution in [0.4, 0.5) is 0 Å². The molecule has 1 aromatic heterocycles. The van der Waals surface area contributed by atoms with Crippen molar-refractivity contribution in [1.82, 2.24) is 4.57 Å². The van der Waals surface area contributed by atoms with E-state index in [4.69, 9.17) is 0 Å². The Morgan fingerprint density at radius 3 is 2.50 bits per heavy atom. The van der Waals surface area contributed by atoms with Crippen LogP contribution in [-0.4, -0.2) is 9.67 Å². The number of pyridine rings is 1. The quantitative estimate of drug-likeness (QED) is 0.898. The molecule has 1 aliphatic rings. The van der Waals surface area contributed by atoms with E-state index in [1.165, 1.54) is 4.57 Å². The van der Waals surface area contributed by atoms with E-state index in [9.17, 15) is 15.2 Å². The normalized spacial score (nSPS) is 14.8. The molecule has 2 rings (SSSR count). The standard InChI is InChI=1S/C16H18N2O2/c1-5-18-15(19)12(8-17)11(4)14(16(18)20)13-9(2)6-7-10(13)3/h20H,2,5-7H2,1,3-4H3. The molecule has 4 heteroatoms. The number of allylic oxidation sites excluding steroid dienone is 3. The molecule has 1 aromatic rings. The fourth-order valence-electron chi connectivity index (χ4n) is 2.82. The lowest BCUT2D eigenvalue weighted by atomic mass is 9.94. The zero-order valence-electron chi connectivity index (χ0n) is 12.1. The zero-order valence-corrected chi connectivity index (χ0v) is 12.1. The molecule has 4 nitrogen and oxygen atoms in total.